The number of benzene rings is 1. The van der Waals surface area contributed by atoms with Crippen molar-refractivity contribution in [3.8, 4) is 0 Å². The Balaban J connectivity index is 2.39. The maximum atomic E-state index is 3.48. The highest BCUT2D eigenvalue weighted by atomic mass is 14.9. The summed E-state index contributed by atoms with van der Waals surface area (Å²) in [6, 6.07) is 6.81. The molecule has 1 nitrogen and oxygen atoms in total. The summed E-state index contributed by atoms with van der Waals surface area (Å²) in [5.74, 6) is 1.39. The third-order valence-corrected chi connectivity index (χ3v) is 3.67. The minimum Gasteiger partial charge on any atom is -0.312 e. The lowest BCUT2D eigenvalue weighted by Crippen LogP contribution is -2.25. The van der Waals surface area contributed by atoms with E-state index in [2.05, 4.69) is 44.3 Å². The van der Waals surface area contributed by atoms with Gasteiger partial charge in [-0.3, -0.25) is 0 Å². The molecule has 1 N–H and O–H groups in total. The van der Waals surface area contributed by atoms with E-state index < -0.39 is 0 Å². The van der Waals surface area contributed by atoms with E-state index in [-0.39, 0.29) is 0 Å². The first kappa shape index (κ1) is 10.7. The van der Waals surface area contributed by atoms with Crippen molar-refractivity contribution in [3.63, 3.8) is 0 Å². The van der Waals surface area contributed by atoms with Crippen LogP contribution in [0.1, 0.15) is 43.4 Å². The summed E-state index contributed by atoms with van der Waals surface area (Å²) in [5, 5.41) is 3.48. The van der Waals surface area contributed by atoms with Crippen molar-refractivity contribution in [2.24, 2.45) is 5.92 Å². The normalized spacial score (nSPS) is 17.6. The van der Waals surface area contributed by atoms with Gasteiger partial charge in [0.25, 0.3) is 0 Å². The average molecular weight is 203 g/mol. The predicted molar refractivity (Wildman–Crippen MR) is 65.1 cm³/mol. The van der Waals surface area contributed by atoms with E-state index in [1.807, 2.05) is 0 Å². The molecule has 0 amide bonds. The molecule has 15 heavy (non-hydrogen) atoms. The summed E-state index contributed by atoms with van der Waals surface area (Å²) in [7, 11) is 0. The van der Waals surface area contributed by atoms with Gasteiger partial charge in [-0.25, -0.2) is 0 Å². The summed E-state index contributed by atoms with van der Waals surface area (Å²) in [4.78, 5) is 0. The molecule has 1 aromatic rings. The van der Waals surface area contributed by atoms with E-state index in [1.165, 1.54) is 6.42 Å². The molecule has 82 valence electrons. The van der Waals surface area contributed by atoms with Gasteiger partial charge < -0.3 is 5.32 Å². The van der Waals surface area contributed by atoms with Gasteiger partial charge in [-0.05, 0) is 41.5 Å². The average Bonchev–Trinajstić information content (AvgIpc) is 2.27. The van der Waals surface area contributed by atoms with Crippen LogP contribution in [0, 0.1) is 5.92 Å². The predicted octanol–water partition coefficient (Wildman–Crippen LogP) is 3.09. The molecule has 0 saturated heterocycles. The van der Waals surface area contributed by atoms with Gasteiger partial charge in [0, 0.05) is 6.54 Å². The Morgan fingerprint density at radius 2 is 2.00 bits per heavy atom. The zero-order chi connectivity index (χ0) is 10.8. The van der Waals surface area contributed by atoms with Crippen LogP contribution in [0.15, 0.2) is 18.2 Å². The third kappa shape index (κ3) is 2.07. The van der Waals surface area contributed by atoms with E-state index in [0.717, 1.165) is 19.0 Å². The summed E-state index contributed by atoms with van der Waals surface area (Å²) in [6.07, 6.45) is 1.19. The molecule has 1 heterocycles. The van der Waals surface area contributed by atoms with Gasteiger partial charge in [0.1, 0.15) is 0 Å². The van der Waals surface area contributed by atoms with Gasteiger partial charge in [-0.15, -0.1) is 0 Å². The van der Waals surface area contributed by atoms with Gasteiger partial charge in [0.2, 0.25) is 0 Å². The third-order valence-electron chi connectivity index (χ3n) is 3.67. The highest BCUT2D eigenvalue weighted by molar-refractivity contribution is 5.39. The smallest absolute Gasteiger partial charge is 0.0211 e. The van der Waals surface area contributed by atoms with Crippen LogP contribution in [-0.2, 0) is 13.0 Å². The zero-order valence-electron chi connectivity index (χ0n) is 10.0. The Kier molecular flexibility index (Phi) is 3.11. The van der Waals surface area contributed by atoms with Crippen LogP contribution >= 0.6 is 0 Å². The Bertz CT molecular complexity index is 341. The Hall–Kier alpha value is -0.820. The molecule has 1 aromatic carbocycles. The second-order valence-corrected chi connectivity index (χ2v) is 4.94. The lowest BCUT2D eigenvalue weighted by atomic mass is 9.84. The molecule has 1 aliphatic rings. The number of hydrogen-bond donors (Lipinski definition) is 1. The largest absolute Gasteiger partial charge is 0.312 e. The molecule has 1 atom stereocenters. The molecule has 2 rings (SSSR count). The van der Waals surface area contributed by atoms with Crippen LogP contribution in [0.4, 0.5) is 0 Å². The van der Waals surface area contributed by atoms with Crippen LogP contribution in [-0.4, -0.2) is 6.54 Å². The quantitative estimate of drug-likeness (QED) is 0.779. The number of rotatable bonds is 2. The molecule has 1 heteroatoms. The summed E-state index contributed by atoms with van der Waals surface area (Å²) < 4.78 is 0. The maximum absolute atomic E-state index is 3.48. The summed E-state index contributed by atoms with van der Waals surface area (Å²) >= 11 is 0. The van der Waals surface area contributed by atoms with Crippen LogP contribution in [0.2, 0.25) is 0 Å². The van der Waals surface area contributed by atoms with Crippen LogP contribution in [0.25, 0.3) is 0 Å². The van der Waals surface area contributed by atoms with E-state index >= 15 is 0 Å². The van der Waals surface area contributed by atoms with E-state index in [0.29, 0.717) is 5.92 Å². The van der Waals surface area contributed by atoms with Crippen LogP contribution in [0.3, 0.4) is 0 Å². The van der Waals surface area contributed by atoms with Crippen molar-refractivity contribution >= 4 is 0 Å². The molecule has 1 aliphatic heterocycles. The van der Waals surface area contributed by atoms with Gasteiger partial charge in [-0.1, -0.05) is 39.0 Å². The highest BCUT2D eigenvalue weighted by Gasteiger charge is 2.17. The van der Waals surface area contributed by atoms with Gasteiger partial charge >= 0.3 is 0 Å². The monoisotopic (exact) mass is 203 g/mol. The highest BCUT2D eigenvalue weighted by Crippen LogP contribution is 2.29. The second-order valence-electron chi connectivity index (χ2n) is 4.94. The minimum atomic E-state index is 0.667. The van der Waals surface area contributed by atoms with Crippen molar-refractivity contribution in [1.29, 1.82) is 0 Å². The summed E-state index contributed by atoms with van der Waals surface area (Å²) in [6.45, 7) is 9.14. The van der Waals surface area contributed by atoms with E-state index in [4.69, 9.17) is 0 Å². The molecule has 0 aromatic heterocycles. The van der Waals surface area contributed by atoms with Crippen molar-refractivity contribution in [3.05, 3.63) is 34.9 Å². The van der Waals surface area contributed by atoms with Gasteiger partial charge in [0.05, 0.1) is 0 Å². The Labute approximate surface area is 92.9 Å². The molecule has 0 aliphatic carbocycles. The zero-order valence-corrected chi connectivity index (χ0v) is 10.0. The molecule has 0 spiro atoms. The van der Waals surface area contributed by atoms with Gasteiger partial charge in [0.15, 0.2) is 0 Å². The van der Waals surface area contributed by atoms with Crippen LogP contribution in [0.5, 0.6) is 0 Å². The van der Waals surface area contributed by atoms with Gasteiger partial charge in [-0.2, -0.15) is 0 Å². The lowest BCUT2D eigenvalue weighted by Gasteiger charge is -2.25. The van der Waals surface area contributed by atoms with Crippen LogP contribution < -0.4 is 5.32 Å². The number of fused-ring (bicyclic) bond motifs is 1. The van der Waals surface area contributed by atoms with Crippen molar-refractivity contribution < 1.29 is 0 Å². The molecule has 0 unspecified atom stereocenters. The Morgan fingerprint density at radius 3 is 2.73 bits per heavy atom. The molecule has 0 radical (unpaired) electrons. The Morgan fingerprint density at radius 1 is 1.20 bits per heavy atom. The molecule has 0 bridgehead atoms. The summed E-state index contributed by atoms with van der Waals surface area (Å²) in [5.41, 5.74) is 4.67. The van der Waals surface area contributed by atoms with Crippen molar-refractivity contribution in [2.45, 2.75) is 39.7 Å². The molecular formula is C14H21N. The van der Waals surface area contributed by atoms with E-state index in [1.54, 1.807) is 16.7 Å². The first-order chi connectivity index (χ1) is 7.20. The van der Waals surface area contributed by atoms with Crippen molar-refractivity contribution in [1.82, 2.24) is 5.32 Å². The first-order valence-corrected chi connectivity index (χ1v) is 6.01. The molecular weight excluding hydrogens is 182 g/mol. The lowest BCUT2D eigenvalue weighted by molar-refractivity contribution is 0.523. The fraction of sp³-hybridized carbons (Fsp3) is 0.571. The number of hydrogen-bond acceptors (Lipinski definition) is 1. The standard InChI is InChI=1S/C14H21N/c1-10(2)11(3)13-6-4-5-12-7-8-15-9-14(12)13/h4-6,10-11,15H,7-9H2,1-3H3/t11-/m1/s1. The molecule has 0 saturated carbocycles. The fourth-order valence-electron chi connectivity index (χ4n) is 2.33. The van der Waals surface area contributed by atoms with Crippen molar-refractivity contribution in [2.75, 3.05) is 6.54 Å². The second kappa shape index (κ2) is 4.36. The maximum Gasteiger partial charge on any atom is 0.0211 e. The number of nitrogens with one attached hydrogen (secondary N) is 1. The topological polar surface area (TPSA) is 12.0 Å². The molecule has 0 fully saturated rings. The minimum absolute atomic E-state index is 0.667. The first-order valence-electron chi connectivity index (χ1n) is 6.01. The van der Waals surface area contributed by atoms with E-state index in [9.17, 15) is 0 Å². The SMILES string of the molecule is CC(C)[C@@H](C)c1cccc2c1CNCC2. The fourth-order valence-corrected chi connectivity index (χ4v) is 2.33.